The highest BCUT2D eigenvalue weighted by Crippen LogP contribution is 2.42. The van der Waals surface area contributed by atoms with Crippen LogP contribution < -0.4 is 4.72 Å². The number of carbonyl (C=O) groups excluding carboxylic acids is 1. The van der Waals surface area contributed by atoms with Gasteiger partial charge in [-0.3, -0.25) is 4.72 Å². The molecule has 11 heteroatoms. The molecular weight excluding hydrogens is 629 g/mol. The minimum Gasteiger partial charge on any atom is -0.512 e. The third-order valence-electron chi connectivity index (χ3n) is 8.39. The first kappa shape index (κ1) is 33.7. The first-order valence-electron chi connectivity index (χ1n) is 15.3. The van der Waals surface area contributed by atoms with E-state index >= 15 is 0 Å². The number of rotatable bonds is 12. The first-order valence-corrected chi connectivity index (χ1v) is 16.8. The van der Waals surface area contributed by atoms with E-state index in [0.717, 1.165) is 17.3 Å². The van der Waals surface area contributed by atoms with Crippen molar-refractivity contribution in [3.8, 4) is 0 Å². The normalized spacial score (nSPS) is 15.6. The number of alkyl halides is 3. The number of aromatic nitrogens is 1. The molecule has 0 fully saturated rings. The van der Waals surface area contributed by atoms with Crippen molar-refractivity contribution in [1.29, 1.82) is 0 Å². The molecule has 7 nitrogen and oxygen atoms in total. The van der Waals surface area contributed by atoms with Crippen LogP contribution in [0.5, 0.6) is 0 Å². The van der Waals surface area contributed by atoms with Gasteiger partial charge in [0.1, 0.15) is 11.4 Å². The molecule has 0 amide bonds. The number of anilines is 1. The summed E-state index contributed by atoms with van der Waals surface area (Å²) in [6.07, 6.45) is -1.16. The molecule has 0 unspecified atom stereocenters. The van der Waals surface area contributed by atoms with Gasteiger partial charge in [-0.2, -0.15) is 21.6 Å². The van der Waals surface area contributed by atoms with Crippen molar-refractivity contribution in [3.05, 3.63) is 137 Å². The maximum absolute atomic E-state index is 13.8. The Balaban J connectivity index is 1.41. The number of aryl methyl sites for hydroxylation is 2. The van der Waals surface area contributed by atoms with Crippen LogP contribution in [0.25, 0.3) is 0 Å². The Labute approximate surface area is 272 Å². The fraction of sp³-hybridized carbons (Fsp3) is 0.278. The number of hydrogen-bond acceptors (Lipinski definition) is 6. The van der Waals surface area contributed by atoms with Crippen LogP contribution in [-0.4, -0.2) is 30.1 Å². The van der Waals surface area contributed by atoms with Gasteiger partial charge in [-0.25, -0.2) is 9.78 Å². The van der Waals surface area contributed by atoms with Crippen molar-refractivity contribution in [2.45, 2.75) is 68.2 Å². The van der Waals surface area contributed by atoms with Gasteiger partial charge in [0.25, 0.3) is 10.0 Å². The number of hydrogen-bond donors (Lipinski definition) is 2. The van der Waals surface area contributed by atoms with Gasteiger partial charge in [-0.05, 0) is 73.1 Å². The second-order valence-corrected chi connectivity index (χ2v) is 13.3. The molecule has 0 saturated heterocycles. The summed E-state index contributed by atoms with van der Waals surface area (Å²) in [7, 11) is -4.48. The minimum absolute atomic E-state index is 0.0597. The lowest BCUT2D eigenvalue weighted by atomic mass is 9.79. The summed E-state index contributed by atoms with van der Waals surface area (Å²) in [6, 6.07) is 27.0. The number of sulfonamides is 1. The third kappa shape index (κ3) is 8.21. The van der Waals surface area contributed by atoms with Crippen LogP contribution in [0.3, 0.4) is 0 Å². The number of aliphatic hydroxyl groups excluding tert-OH is 1. The highest BCUT2D eigenvalue weighted by molar-refractivity contribution is 7.92. The van der Waals surface area contributed by atoms with Crippen LogP contribution >= 0.6 is 0 Å². The predicted molar refractivity (Wildman–Crippen MR) is 172 cm³/mol. The van der Waals surface area contributed by atoms with Gasteiger partial charge in [-0.15, -0.1) is 0 Å². The van der Waals surface area contributed by atoms with E-state index in [1.165, 1.54) is 12.1 Å². The molecule has 2 N–H and O–H groups in total. The number of benzene rings is 3. The molecule has 1 aromatic heterocycles. The molecule has 1 aliphatic rings. The van der Waals surface area contributed by atoms with Crippen LogP contribution in [0.15, 0.2) is 120 Å². The Morgan fingerprint density at radius 1 is 0.915 bits per heavy atom. The molecule has 1 aliphatic heterocycles. The molecule has 0 bridgehead atoms. The monoisotopic (exact) mass is 664 g/mol. The van der Waals surface area contributed by atoms with Crippen molar-refractivity contribution < 1.29 is 36.2 Å². The van der Waals surface area contributed by atoms with Gasteiger partial charge in [0, 0.05) is 24.2 Å². The van der Waals surface area contributed by atoms with Crippen LogP contribution in [-0.2, 0) is 38.6 Å². The van der Waals surface area contributed by atoms with Crippen molar-refractivity contribution in [1.82, 2.24) is 4.98 Å². The highest BCUT2D eigenvalue weighted by Gasteiger charge is 2.43. The van der Waals surface area contributed by atoms with E-state index in [1.54, 1.807) is 12.1 Å². The summed E-state index contributed by atoms with van der Waals surface area (Å²) in [5.41, 5.74) is 0.764. The Bertz CT molecular complexity index is 1800. The zero-order valence-electron chi connectivity index (χ0n) is 25.7. The Hall–Kier alpha value is -4.64. The molecule has 3 aromatic carbocycles. The number of nitrogens with zero attached hydrogens (tertiary/aromatic N) is 1. The van der Waals surface area contributed by atoms with E-state index in [4.69, 9.17) is 4.74 Å². The summed E-state index contributed by atoms with van der Waals surface area (Å²) in [4.78, 5) is 17.4. The van der Waals surface area contributed by atoms with Crippen molar-refractivity contribution in [3.63, 3.8) is 0 Å². The van der Waals surface area contributed by atoms with Gasteiger partial charge in [0.15, 0.2) is 5.03 Å². The number of halogens is 3. The van der Waals surface area contributed by atoms with E-state index < -0.39 is 44.3 Å². The number of ether oxygens (including phenoxy) is 1. The second-order valence-electron chi connectivity index (χ2n) is 11.7. The average Bonchev–Trinajstić information content (AvgIpc) is 3.05. The second kappa shape index (κ2) is 14.0. The predicted octanol–water partition coefficient (Wildman–Crippen LogP) is 8.16. The van der Waals surface area contributed by atoms with Crippen LogP contribution in [0.1, 0.15) is 60.8 Å². The smallest absolute Gasteiger partial charge is 0.416 e. The summed E-state index contributed by atoms with van der Waals surface area (Å²) in [5, 5.41) is 10.7. The lowest BCUT2D eigenvalue weighted by Gasteiger charge is -2.39. The lowest BCUT2D eigenvalue weighted by Crippen LogP contribution is -2.42. The average molecular weight is 665 g/mol. The summed E-state index contributed by atoms with van der Waals surface area (Å²) >= 11 is 0. The van der Waals surface area contributed by atoms with E-state index in [2.05, 4.69) is 9.71 Å². The zero-order chi connectivity index (χ0) is 33.7. The highest BCUT2D eigenvalue weighted by atomic mass is 32.2. The van der Waals surface area contributed by atoms with Crippen LogP contribution in [0, 0.1) is 0 Å². The molecule has 47 heavy (non-hydrogen) atoms. The summed E-state index contributed by atoms with van der Waals surface area (Å²) < 4.78 is 74.0. The molecule has 2 heterocycles. The molecule has 4 aromatic rings. The Morgan fingerprint density at radius 3 is 2.09 bits per heavy atom. The quantitative estimate of drug-likeness (QED) is 0.148. The molecule has 246 valence electrons. The fourth-order valence-electron chi connectivity index (χ4n) is 5.95. The van der Waals surface area contributed by atoms with Crippen LogP contribution in [0.2, 0.25) is 0 Å². The topological polar surface area (TPSA) is 106 Å². The fourth-order valence-corrected chi connectivity index (χ4v) is 6.98. The number of aliphatic hydroxyl groups is 1. The molecule has 1 atom stereocenters. The zero-order valence-corrected chi connectivity index (χ0v) is 26.5. The van der Waals surface area contributed by atoms with Crippen molar-refractivity contribution in [2.75, 3.05) is 4.72 Å². The summed E-state index contributed by atoms with van der Waals surface area (Å²) in [5.74, 6) is -1.35. The maximum Gasteiger partial charge on any atom is 0.416 e. The molecule has 0 aliphatic carbocycles. The van der Waals surface area contributed by atoms with E-state index in [0.29, 0.717) is 49.8 Å². The van der Waals surface area contributed by atoms with Gasteiger partial charge in [0.2, 0.25) is 0 Å². The SMILES string of the molecule is CC[C@H](C1=C(O)CC(CCc2ccccc2)(CCc2ccccc2)OC1=O)c1cccc(NS(=O)(=O)c2cc(C(F)(F)F)ccn2)c1. The lowest BCUT2D eigenvalue weighted by molar-refractivity contribution is -0.161. The molecular formula is C36H35F3N2O5S. The molecule has 0 saturated carbocycles. The van der Waals surface area contributed by atoms with Gasteiger partial charge in [-0.1, -0.05) is 79.7 Å². The minimum atomic E-state index is -4.74. The number of cyclic esters (lactones) is 1. The largest absolute Gasteiger partial charge is 0.512 e. The van der Waals surface area contributed by atoms with Gasteiger partial charge >= 0.3 is 12.1 Å². The molecule has 0 spiro atoms. The summed E-state index contributed by atoms with van der Waals surface area (Å²) in [6.45, 7) is 1.83. The van der Waals surface area contributed by atoms with Crippen LogP contribution in [0.4, 0.5) is 18.9 Å². The van der Waals surface area contributed by atoms with Crippen molar-refractivity contribution >= 4 is 21.7 Å². The Morgan fingerprint density at radius 2 is 1.53 bits per heavy atom. The number of pyridine rings is 1. The Kier molecular flexibility index (Phi) is 10.0. The van der Waals surface area contributed by atoms with E-state index in [1.807, 2.05) is 67.6 Å². The molecule has 5 rings (SSSR count). The first-order chi connectivity index (χ1) is 22.4. The standard InChI is InChI=1S/C36H35F3N2O5S/c1-2-30(27-14-9-15-29(22-27)41-47(44,45)32-23-28(18-21-40-32)36(37,38)39)33-31(42)24-35(46-34(33)43,19-16-25-10-5-3-6-11-25)20-17-26-12-7-4-8-13-26/h3-15,18,21-23,30,41-42H,2,16-17,19-20,24H2,1H3/t30-/m0/s1. The van der Waals surface area contributed by atoms with Crippen molar-refractivity contribution in [2.24, 2.45) is 0 Å². The number of nitrogens with one attached hydrogen (secondary N) is 1. The number of esters is 1. The molecule has 0 radical (unpaired) electrons. The number of carbonyl (C=O) groups is 1. The van der Waals surface area contributed by atoms with Gasteiger partial charge in [0.05, 0.1) is 11.1 Å². The third-order valence-corrected chi connectivity index (χ3v) is 9.67. The van der Waals surface area contributed by atoms with E-state index in [-0.39, 0.29) is 23.4 Å². The van der Waals surface area contributed by atoms with E-state index in [9.17, 15) is 31.5 Å². The van der Waals surface area contributed by atoms with Gasteiger partial charge < -0.3 is 9.84 Å². The maximum atomic E-state index is 13.8.